The predicted octanol–water partition coefficient (Wildman–Crippen LogP) is -0.268. The van der Waals surface area contributed by atoms with Gasteiger partial charge in [-0.05, 0) is 12.8 Å². The lowest BCUT2D eigenvalue weighted by atomic mass is 10.0. The molecular weight excluding hydrogens is 174 g/mol. The van der Waals surface area contributed by atoms with Gasteiger partial charge in [0.25, 0.3) is 0 Å². The van der Waals surface area contributed by atoms with Gasteiger partial charge in [0.1, 0.15) is 0 Å². The highest BCUT2D eigenvalue weighted by atomic mass is 16.6. The SMILES string of the molecule is CC(=O)OC(=O)CC1(C(N)=O)CC1. The Balaban J connectivity index is 2.45. The molecule has 1 saturated carbocycles. The first-order valence-electron chi connectivity index (χ1n) is 3.97. The molecule has 1 fully saturated rings. The molecule has 1 aliphatic rings. The zero-order valence-corrected chi connectivity index (χ0v) is 7.33. The van der Waals surface area contributed by atoms with Crippen LogP contribution in [0.3, 0.4) is 0 Å². The second kappa shape index (κ2) is 3.16. The van der Waals surface area contributed by atoms with Crippen molar-refractivity contribution < 1.29 is 19.1 Å². The molecule has 5 heteroatoms. The molecule has 0 bridgehead atoms. The maximum absolute atomic E-state index is 11.0. The summed E-state index contributed by atoms with van der Waals surface area (Å²) >= 11 is 0. The fourth-order valence-electron chi connectivity index (χ4n) is 1.13. The van der Waals surface area contributed by atoms with E-state index in [0.29, 0.717) is 12.8 Å². The van der Waals surface area contributed by atoms with Gasteiger partial charge in [-0.15, -0.1) is 0 Å². The number of ether oxygens (including phenoxy) is 1. The van der Waals surface area contributed by atoms with Crippen molar-refractivity contribution in [2.45, 2.75) is 26.2 Å². The average molecular weight is 185 g/mol. The van der Waals surface area contributed by atoms with Crippen LogP contribution < -0.4 is 5.73 Å². The normalized spacial score (nSPS) is 17.6. The zero-order valence-electron chi connectivity index (χ0n) is 7.33. The van der Waals surface area contributed by atoms with E-state index in [1.807, 2.05) is 0 Å². The Bertz CT molecular complexity index is 267. The van der Waals surface area contributed by atoms with Crippen molar-refractivity contribution in [1.29, 1.82) is 0 Å². The van der Waals surface area contributed by atoms with Crippen LogP contribution in [0, 0.1) is 5.41 Å². The number of nitrogens with two attached hydrogens (primary N) is 1. The van der Waals surface area contributed by atoms with Crippen LogP contribution in [-0.2, 0) is 19.1 Å². The van der Waals surface area contributed by atoms with Gasteiger partial charge < -0.3 is 10.5 Å². The highest BCUT2D eigenvalue weighted by Crippen LogP contribution is 2.48. The summed E-state index contributed by atoms with van der Waals surface area (Å²) in [4.78, 5) is 32.2. The summed E-state index contributed by atoms with van der Waals surface area (Å²) < 4.78 is 4.29. The lowest BCUT2D eigenvalue weighted by molar-refractivity contribution is -0.159. The number of amides is 1. The summed E-state index contributed by atoms with van der Waals surface area (Å²) in [6.07, 6.45) is 1.13. The fourth-order valence-corrected chi connectivity index (χ4v) is 1.13. The molecule has 2 N–H and O–H groups in total. The lowest BCUT2D eigenvalue weighted by Gasteiger charge is -2.07. The highest BCUT2D eigenvalue weighted by molar-refractivity contribution is 5.91. The Hall–Kier alpha value is -1.39. The van der Waals surface area contributed by atoms with Crippen molar-refractivity contribution in [3.63, 3.8) is 0 Å². The number of rotatable bonds is 3. The topological polar surface area (TPSA) is 86.5 Å². The third kappa shape index (κ3) is 2.27. The molecule has 0 aromatic rings. The summed E-state index contributed by atoms with van der Waals surface area (Å²) in [6.45, 7) is 1.14. The first-order valence-corrected chi connectivity index (χ1v) is 3.97. The molecule has 1 rings (SSSR count). The van der Waals surface area contributed by atoms with E-state index in [4.69, 9.17) is 5.73 Å². The van der Waals surface area contributed by atoms with Gasteiger partial charge in [-0.1, -0.05) is 0 Å². The van der Waals surface area contributed by atoms with Gasteiger partial charge in [-0.3, -0.25) is 14.4 Å². The minimum atomic E-state index is -0.730. The maximum Gasteiger partial charge on any atom is 0.314 e. The van der Waals surface area contributed by atoms with E-state index >= 15 is 0 Å². The number of esters is 2. The molecule has 1 amide bonds. The minimum absolute atomic E-state index is 0.0814. The molecule has 0 aromatic heterocycles. The van der Waals surface area contributed by atoms with Crippen molar-refractivity contribution in [1.82, 2.24) is 0 Å². The number of primary amides is 1. The molecule has 5 nitrogen and oxygen atoms in total. The Labute approximate surface area is 75.2 Å². The molecule has 1 aliphatic carbocycles. The van der Waals surface area contributed by atoms with Crippen molar-refractivity contribution in [3.05, 3.63) is 0 Å². The molecule has 0 aliphatic heterocycles. The minimum Gasteiger partial charge on any atom is -0.393 e. The fraction of sp³-hybridized carbons (Fsp3) is 0.625. The number of carbonyl (C=O) groups is 3. The van der Waals surface area contributed by atoms with Gasteiger partial charge >= 0.3 is 11.9 Å². The average Bonchev–Trinajstić information content (AvgIpc) is 2.66. The van der Waals surface area contributed by atoms with Crippen LogP contribution in [-0.4, -0.2) is 17.8 Å². The third-order valence-electron chi connectivity index (χ3n) is 2.12. The second-order valence-electron chi connectivity index (χ2n) is 3.29. The smallest absolute Gasteiger partial charge is 0.314 e. The Morgan fingerprint density at radius 3 is 2.23 bits per heavy atom. The van der Waals surface area contributed by atoms with E-state index in [-0.39, 0.29) is 6.42 Å². The van der Waals surface area contributed by atoms with Crippen LogP contribution in [0.2, 0.25) is 0 Å². The van der Waals surface area contributed by atoms with Gasteiger partial charge in [-0.25, -0.2) is 0 Å². The van der Waals surface area contributed by atoms with Crippen molar-refractivity contribution in [3.8, 4) is 0 Å². The van der Waals surface area contributed by atoms with Crippen molar-refractivity contribution in [2.75, 3.05) is 0 Å². The summed E-state index contributed by atoms with van der Waals surface area (Å²) in [5, 5.41) is 0. The van der Waals surface area contributed by atoms with Crippen LogP contribution in [0.15, 0.2) is 0 Å². The second-order valence-corrected chi connectivity index (χ2v) is 3.29. The number of hydrogen-bond acceptors (Lipinski definition) is 4. The molecule has 0 unspecified atom stereocenters. The Kier molecular flexibility index (Phi) is 2.36. The molecule has 72 valence electrons. The molecule has 13 heavy (non-hydrogen) atoms. The van der Waals surface area contributed by atoms with E-state index in [2.05, 4.69) is 4.74 Å². The van der Waals surface area contributed by atoms with E-state index in [0.717, 1.165) is 6.92 Å². The van der Waals surface area contributed by atoms with Crippen molar-refractivity contribution in [2.24, 2.45) is 11.1 Å². The summed E-state index contributed by atoms with van der Waals surface area (Å²) in [5.74, 6) is -1.83. The van der Waals surface area contributed by atoms with E-state index in [9.17, 15) is 14.4 Å². The largest absolute Gasteiger partial charge is 0.393 e. The van der Waals surface area contributed by atoms with Crippen LogP contribution in [0.4, 0.5) is 0 Å². The quantitative estimate of drug-likeness (QED) is 0.484. The van der Waals surface area contributed by atoms with Gasteiger partial charge in [0.05, 0.1) is 11.8 Å². The standard InChI is InChI=1S/C8H11NO4/c1-5(10)13-6(11)4-8(2-3-8)7(9)12/h2-4H2,1H3,(H2,9,12). The Morgan fingerprint density at radius 1 is 1.38 bits per heavy atom. The molecular formula is C8H11NO4. The number of hydrogen-bond donors (Lipinski definition) is 1. The van der Waals surface area contributed by atoms with Crippen LogP contribution >= 0.6 is 0 Å². The van der Waals surface area contributed by atoms with Gasteiger partial charge in [0.15, 0.2) is 0 Å². The van der Waals surface area contributed by atoms with Gasteiger partial charge in [-0.2, -0.15) is 0 Å². The van der Waals surface area contributed by atoms with Crippen LogP contribution in [0.5, 0.6) is 0 Å². The molecule has 0 aromatic carbocycles. The first-order chi connectivity index (χ1) is 5.96. The maximum atomic E-state index is 11.0. The predicted molar refractivity (Wildman–Crippen MR) is 42.3 cm³/mol. The monoisotopic (exact) mass is 185 g/mol. The lowest BCUT2D eigenvalue weighted by Crippen LogP contribution is -2.28. The summed E-state index contributed by atoms with van der Waals surface area (Å²) in [7, 11) is 0. The first kappa shape index (κ1) is 9.70. The molecule has 0 radical (unpaired) electrons. The van der Waals surface area contributed by atoms with E-state index < -0.39 is 23.3 Å². The molecule has 0 heterocycles. The van der Waals surface area contributed by atoms with Crippen LogP contribution in [0.25, 0.3) is 0 Å². The van der Waals surface area contributed by atoms with Crippen molar-refractivity contribution >= 4 is 17.8 Å². The molecule has 0 saturated heterocycles. The van der Waals surface area contributed by atoms with E-state index in [1.54, 1.807) is 0 Å². The molecule has 0 spiro atoms. The third-order valence-corrected chi connectivity index (χ3v) is 2.12. The van der Waals surface area contributed by atoms with Crippen LogP contribution in [0.1, 0.15) is 26.2 Å². The molecule has 0 atom stereocenters. The zero-order chi connectivity index (χ0) is 10.1. The summed E-state index contributed by atoms with van der Waals surface area (Å²) in [6, 6.07) is 0. The van der Waals surface area contributed by atoms with E-state index in [1.165, 1.54) is 0 Å². The summed E-state index contributed by atoms with van der Waals surface area (Å²) in [5.41, 5.74) is 4.35. The van der Waals surface area contributed by atoms with Gasteiger partial charge in [0.2, 0.25) is 5.91 Å². The highest BCUT2D eigenvalue weighted by Gasteiger charge is 2.50. The Morgan fingerprint density at radius 2 is 1.92 bits per heavy atom. The van der Waals surface area contributed by atoms with Gasteiger partial charge in [0, 0.05) is 6.92 Å². The number of carbonyl (C=O) groups excluding carboxylic acids is 3.